The molecule has 0 fully saturated rings. The summed E-state index contributed by atoms with van der Waals surface area (Å²) in [5, 5.41) is 12.3. The summed E-state index contributed by atoms with van der Waals surface area (Å²) in [6.07, 6.45) is 1.47. The minimum Gasteiger partial charge on any atom is -0.475 e. The Morgan fingerprint density at radius 2 is 2.41 bits per heavy atom. The van der Waals surface area contributed by atoms with Crippen molar-refractivity contribution in [2.45, 2.75) is 6.04 Å². The molecule has 0 aromatic carbocycles. The monoisotopic (exact) mass is 239 g/mol. The maximum atomic E-state index is 11.0. The number of likely N-dealkylation sites (N-methyl/N-ethyl adjacent to an activating group) is 2. The minimum absolute atomic E-state index is 0.00157. The topological polar surface area (TPSA) is 69.0 Å². The Balaban J connectivity index is 2.24. The summed E-state index contributed by atoms with van der Waals surface area (Å²) in [4.78, 5) is 15.0. The highest BCUT2D eigenvalue weighted by Gasteiger charge is 2.29. The van der Waals surface area contributed by atoms with E-state index in [1.807, 2.05) is 26.0 Å². The lowest BCUT2D eigenvalue weighted by Gasteiger charge is -2.33. The Hall–Kier alpha value is -1.69. The summed E-state index contributed by atoms with van der Waals surface area (Å²) in [6, 6.07) is 0.266. The van der Waals surface area contributed by atoms with E-state index in [0.29, 0.717) is 5.69 Å². The number of carboxylic acid groups (broad SMARTS) is 1. The van der Waals surface area contributed by atoms with Gasteiger partial charge in [-0.3, -0.25) is 0 Å². The number of furan rings is 1. The summed E-state index contributed by atoms with van der Waals surface area (Å²) in [5.74, 6) is -1.04. The van der Waals surface area contributed by atoms with Crippen molar-refractivity contribution in [1.82, 2.24) is 4.90 Å². The number of carbonyl (C=O) groups is 1. The van der Waals surface area contributed by atoms with Crippen molar-refractivity contribution in [3.8, 4) is 0 Å². The van der Waals surface area contributed by atoms with Crippen LogP contribution in [0.15, 0.2) is 10.7 Å². The third-order valence-electron chi connectivity index (χ3n) is 2.78. The summed E-state index contributed by atoms with van der Waals surface area (Å²) in [7, 11) is 5.90. The molecule has 0 radical (unpaired) electrons. The molecule has 6 nitrogen and oxygen atoms in total. The van der Waals surface area contributed by atoms with Crippen molar-refractivity contribution in [3.63, 3.8) is 0 Å². The van der Waals surface area contributed by atoms with Crippen LogP contribution in [0, 0.1) is 0 Å². The van der Waals surface area contributed by atoms with E-state index in [0.717, 1.165) is 18.8 Å². The Morgan fingerprint density at radius 1 is 1.71 bits per heavy atom. The van der Waals surface area contributed by atoms with Gasteiger partial charge in [0, 0.05) is 20.1 Å². The van der Waals surface area contributed by atoms with E-state index in [4.69, 9.17) is 9.52 Å². The molecule has 1 aromatic heterocycles. The van der Waals surface area contributed by atoms with Crippen LogP contribution in [-0.2, 0) is 0 Å². The molecule has 17 heavy (non-hydrogen) atoms. The fourth-order valence-electron chi connectivity index (χ4n) is 2.22. The first kappa shape index (κ1) is 11.8. The predicted octanol–water partition coefficient (Wildman–Crippen LogP) is 0.770. The summed E-state index contributed by atoms with van der Waals surface area (Å²) >= 11 is 0. The van der Waals surface area contributed by atoms with Gasteiger partial charge in [-0.1, -0.05) is 0 Å². The highest BCUT2D eigenvalue weighted by atomic mass is 16.4. The lowest BCUT2D eigenvalue weighted by molar-refractivity contribution is 0.0663. The SMILES string of the molecule is CN(C)CC1CN(C)c2c(coc2C(=O)O)N1. The summed E-state index contributed by atoms with van der Waals surface area (Å²) < 4.78 is 5.09. The van der Waals surface area contributed by atoms with Gasteiger partial charge in [0.1, 0.15) is 12.0 Å². The smallest absolute Gasteiger partial charge is 0.374 e. The van der Waals surface area contributed by atoms with Gasteiger partial charge in [0.25, 0.3) is 0 Å². The quantitative estimate of drug-likeness (QED) is 0.812. The third kappa shape index (κ3) is 2.21. The predicted molar refractivity (Wildman–Crippen MR) is 64.9 cm³/mol. The molecule has 94 valence electrons. The van der Waals surface area contributed by atoms with E-state index in [9.17, 15) is 4.79 Å². The number of hydrogen-bond acceptors (Lipinski definition) is 5. The fourth-order valence-corrected chi connectivity index (χ4v) is 2.22. The van der Waals surface area contributed by atoms with Crippen molar-refractivity contribution in [2.24, 2.45) is 0 Å². The first-order valence-corrected chi connectivity index (χ1v) is 5.46. The van der Waals surface area contributed by atoms with Crippen molar-refractivity contribution in [2.75, 3.05) is 44.4 Å². The number of anilines is 2. The van der Waals surface area contributed by atoms with Crippen LogP contribution in [0.4, 0.5) is 11.4 Å². The first-order valence-electron chi connectivity index (χ1n) is 5.46. The van der Waals surface area contributed by atoms with Crippen molar-refractivity contribution >= 4 is 17.3 Å². The van der Waals surface area contributed by atoms with Gasteiger partial charge in [-0.05, 0) is 14.1 Å². The average Bonchev–Trinajstić information content (AvgIpc) is 2.60. The Bertz CT molecular complexity index is 428. The number of aromatic carboxylic acids is 1. The maximum Gasteiger partial charge on any atom is 0.374 e. The van der Waals surface area contributed by atoms with Gasteiger partial charge in [-0.25, -0.2) is 4.79 Å². The molecule has 0 saturated carbocycles. The van der Waals surface area contributed by atoms with Gasteiger partial charge < -0.3 is 24.6 Å². The Morgan fingerprint density at radius 3 is 3.00 bits per heavy atom. The average molecular weight is 239 g/mol. The number of nitrogens with zero attached hydrogens (tertiary/aromatic N) is 2. The number of fused-ring (bicyclic) bond motifs is 1. The molecule has 0 saturated heterocycles. The van der Waals surface area contributed by atoms with Crippen molar-refractivity contribution in [3.05, 3.63) is 12.0 Å². The molecule has 0 spiro atoms. The molecule has 2 heterocycles. The van der Waals surface area contributed by atoms with Gasteiger partial charge in [-0.15, -0.1) is 0 Å². The second kappa shape index (κ2) is 4.29. The molecule has 1 aromatic rings. The van der Waals surface area contributed by atoms with Crippen LogP contribution in [0.25, 0.3) is 0 Å². The second-order valence-electron chi connectivity index (χ2n) is 4.62. The van der Waals surface area contributed by atoms with Gasteiger partial charge >= 0.3 is 5.97 Å². The molecule has 1 aliphatic rings. The summed E-state index contributed by atoms with van der Waals surface area (Å²) in [5.41, 5.74) is 1.38. The molecule has 0 bridgehead atoms. The maximum absolute atomic E-state index is 11.0. The normalized spacial score (nSPS) is 19.1. The largest absolute Gasteiger partial charge is 0.475 e. The van der Waals surface area contributed by atoms with E-state index in [1.165, 1.54) is 6.26 Å². The van der Waals surface area contributed by atoms with Crippen molar-refractivity contribution < 1.29 is 14.3 Å². The van der Waals surface area contributed by atoms with E-state index < -0.39 is 5.97 Å². The van der Waals surface area contributed by atoms with Crippen LogP contribution in [0.5, 0.6) is 0 Å². The van der Waals surface area contributed by atoms with Crippen LogP contribution in [0.3, 0.4) is 0 Å². The fraction of sp³-hybridized carbons (Fsp3) is 0.545. The van der Waals surface area contributed by atoms with Crippen LogP contribution in [0.2, 0.25) is 0 Å². The number of nitrogens with one attached hydrogen (secondary N) is 1. The van der Waals surface area contributed by atoms with E-state index >= 15 is 0 Å². The minimum atomic E-state index is -1.04. The molecule has 0 amide bonds. The van der Waals surface area contributed by atoms with Crippen LogP contribution >= 0.6 is 0 Å². The van der Waals surface area contributed by atoms with Gasteiger partial charge in [-0.2, -0.15) is 0 Å². The second-order valence-corrected chi connectivity index (χ2v) is 4.62. The molecular weight excluding hydrogens is 222 g/mol. The Labute approximate surface area is 99.8 Å². The number of rotatable bonds is 3. The zero-order chi connectivity index (χ0) is 12.6. The zero-order valence-corrected chi connectivity index (χ0v) is 10.2. The molecule has 0 aliphatic carbocycles. The van der Waals surface area contributed by atoms with Crippen LogP contribution < -0.4 is 10.2 Å². The van der Waals surface area contributed by atoms with Gasteiger partial charge in [0.2, 0.25) is 5.76 Å². The lowest BCUT2D eigenvalue weighted by atomic mass is 10.1. The van der Waals surface area contributed by atoms with E-state index in [1.54, 1.807) is 0 Å². The van der Waals surface area contributed by atoms with Gasteiger partial charge in [0.15, 0.2) is 0 Å². The Kier molecular flexibility index (Phi) is 2.97. The van der Waals surface area contributed by atoms with E-state index in [-0.39, 0.29) is 11.8 Å². The zero-order valence-electron chi connectivity index (χ0n) is 10.2. The van der Waals surface area contributed by atoms with Crippen molar-refractivity contribution in [1.29, 1.82) is 0 Å². The molecule has 1 aliphatic heterocycles. The molecular formula is C11H17N3O3. The number of hydrogen-bond donors (Lipinski definition) is 2. The standard InChI is InChI=1S/C11H17N3O3/c1-13(2)4-7-5-14(3)9-8(12-7)6-17-10(9)11(15)16/h6-7,12H,4-5H2,1-3H3,(H,15,16). The molecule has 1 atom stereocenters. The van der Waals surface area contributed by atoms with E-state index in [2.05, 4.69) is 10.2 Å². The molecule has 2 N–H and O–H groups in total. The highest BCUT2D eigenvalue weighted by molar-refractivity contribution is 5.96. The highest BCUT2D eigenvalue weighted by Crippen LogP contribution is 2.35. The third-order valence-corrected chi connectivity index (χ3v) is 2.78. The lowest BCUT2D eigenvalue weighted by Crippen LogP contribution is -2.44. The summed E-state index contributed by atoms with van der Waals surface area (Å²) in [6.45, 7) is 1.64. The van der Waals surface area contributed by atoms with Crippen LogP contribution in [0.1, 0.15) is 10.6 Å². The number of carboxylic acids is 1. The van der Waals surface area contributed by atoms with Crippen LogP contribution in [-0.4, -0.2) is 56.3 Å². The molecule has 2 rings (SSSR count). The molecule has 6 heteroatoms. The molecule has 1 unspecified atom stereocenters. The first-order chi connectivity index (χ1) is 7.99. The van der Waals surface area contributed by atoms with Gasteiger partial charge in [0.05, 0.1) is 11.7 Å².